The third-order valence-electron chi connectivity index (χ3n) is 11.3. The van der Waals surface area contributed by atoms with E-state index in [1.54, 1.807) is 0 Å². The lowest BCUT2D eigenvalue weighted by Crippen LogP contribution is -2.55. The number of carbonyl (C=O) groups is 6. The molecule has 0 radical (unpaired) electrons. The van der Waals surface area contributed by atoms with Crippen LogP contribution >= 0.6 is 0 Å². The second kappa shape index (κ2) is 17.3. The normalized spacial score (nSPS) is 23.2. The number of ether oxygens (including phenoxy) is 3. The Kier molecular flexibility index (Phi) is 11.9. The number of benzene rings is 3. The molecular weight excluding hydrogens is 884 g/mol. The van der Waals surface area contributed by atoms with Crippen molar-refractivity contribution in [3.8, 4) is 40.2 Å². The molecule has 8 atom stereocenters. The zero-order valence-electron chi connectivity index (χ0n) is 33.2. The average Bonchev–Trinajstić information content (AvgIpc) is 3.25. The van der Waals surface area contributed by atoms with Crippen LogP contribution in [0.3, 0.4) is 0 Å². The molecule has 12 N–H and O–H groups in total. The smallest absolute Gasteiger partial charge is 0.371 e. The van der Waals surface area contributed by atoms with Gasteiger partial charge in [-0.2, -0.15) is 0 Å². The summed E-state index contributed by atoms with van der Waals surface area (Å²) in [6.45, 7) is -0.593. The van der Waals surface area contributed by atoms with Crippen LogP contribution in [0.2, 0.25) is 0 Å². The topological polar surface area (TPSA) is 403 Å². The fourth-order valence-electron chi connectivity index (χ4n) is 8.24. The van der Waals surface area contributed by atoms with Crippen molar-refractivity contribution in [2.24, 2.45) is 11.8 Å². The number of rotatable bonds is 11. The van der Waals surface area contributed by atoms with Gasteiger partial charge in [-0.3, -0.25) is 14.4 Å². The van der Waals surface area contributed by atoms with Gasteiger partial charge in [-0.1, -0.05) is 6.07 Å². The third-order valence-corrected chi connectivity index (χ3v) is 11.3. The molecule has 66 heavy (non-hydrogen) atoms. The summed E-state index contributed by atoms with van der Waals surface area (Å²) in [7, 11) is 0. The number of carbonyl (C=O) groups excluding carboxylic acids is 2. The first kappa shape index (κ1) is 45.6. The maximum absolute atomic E-state index is 14.5. The number of carboxylic acids is 4. The van der Waals surface area contributed by atoms with Gasteiger partial charge in [-0.05, 0) is 76.9 Å². The van der Waals surface area contributed by atoms with Crippen LogP contribution in [0, 0.1) is 11.8 Å². The molecule has 1 fully saturated rings. The second-order valence-corrected chi connectivity index (χ2v) is 15.2. The summed E-state index contributed by atoms with van der Waals surface area (Å²) in [5.74, 6) is -25.4. The molecule has 1 aliphatic heterocycles. The summed E-state index contributed by atoms with van der Waals surface area (Å²) >= 11 is 0. The van der Waals surface area contributed by atoms with Crippen LogP contribution in [0.25, 0.3) is 12.2 Å². The molecule has 0 amide bonds. The number of aromatic hydroxyl groups is 6. The molecule has 344 valence electrons. The molecule has 0 saturated carbocycles. The quantitative estimate of drug-likeness (QED) is 0.0570. The highest BCUT2D eigenvalue weighted by Gasteiger charge is 2.48. The lowest BCUT2D eigenvalue weighted by Gasteiger charge is -2.38. The molecule has 8 unspecified atom stereocenters. The maximum Gasteiger partial charge on any atom is 0.371 e. The molecule has 23 nitrogen and oxygen atoms in total. The van der Waals surface area contributed by atoms with Crippen molar-refractivity contribution in [3.05, 3.63) is 109 Å². The highest BCUT2D eigenvalue weighted by atomic mass is 16.6. The summed E-state index contributed by atoms with van der Waals surface area (Å²) in [6, 6.07) is 7.15. The summed E-state index contributed by atoms with van der Waals surface area (Å²) in [5.41, 5.74) is -5.27. The Morgan fingerprint density at radius 3 is 1.91 bits per heavy atom. The number of esters is 2. The standard InChI is InChI=1S/C43H34O23/c44-21-3-1-13(6-22(21)45)30-17-10-25(48)34(52)36(18(17)8-20(32(30)39(56)57)43(62)66-37-28(11-29(50)51)63-12-26(49)35(37)53)65-42(61)19-5-14-7-23(46)24(47)9-16(14)31(33(19)40(58)59)15-2-4-27(38(54)55)64-41(15)60/h1-10,26,28,30-33,35,37,44-49,52-53H,11-12H2,(H,50,51)(H,54,55)(H,56,57)(H,58,59). The van der Waals surface area contributed by atoms with E-state index in [1.165, 1.54) is 0 Å². The van der Waals surface area contributed by atoms with E-state index in [0.29, 0.717) is 6.08 Å². The van der Waals surface area contributed by atoms with Crippen molar-refractivity contribution in [2.45, 2.75) is 42.7 Å². The zero-order valence-corrected chi connectivity index (χ0v) is 33.2. The molecule has 0 bridgehead atoms. The Labute approximate surface area is 366 Å². The predicted molar refractivity (Wildman–Crippen MR) is 213 cm³/mol. The number of fused-ring (bicyclic) bond motifs is 2. The lowest BCUT2D eigenvalue weighted by atomic mass is 9.71. The third kappa shape index (κ3) is 8.15. The Morgan fingerprint density at radius 1 is 0.667 bits per heavy atom. The van der Waals surface area contributed by atoms with Gasteiger partial charge in [0, 0.05) is 23.0 Å². The molecule has 0 spiro atoms. The largest absolute Gasteiger partial charge is 0.504 e. The molecule has 23 heteroatoms. The predicted octanol–water partition coefficient (Wildman–Crippen LogP) is 1.14. The highest BCUT2D eigenvalue weighted by Crippen LogP contribution is 2.53. The average molecular weight is 919 g/mol. The molecule has 2 aliphatic carbocycles. The number of hydrogen-bond donors (Lipinski definition) is 12. The van der Waals surface area contributed by atoms with E-state index >= 15 is 0 Å². The van der Waals surface area contributed by atoms with Gasteiger partial charge >= 0.3 is 41.4 Å². The van der Waals surface area contributed by atoms with Crippen molar-refractivity contribution in [1.29, 1.82) is 0 Å². The lowest BCUT2D eigenvalue weighted by molar-refractivity contribution is -0.208. The molecule has 1 saturated heterocycles. The second-order valence-electron chi connectivity index (χ2n) is 15.2. The number of phenols is 6. The number of aliphatic hydroxyl groups is 2. The highest BCUT2D eigenvalue weighted by molar-refractivity contribution is 6.05. The molecule has 3 aromatic carbocycles. The van der Waals surface area contributed by atoms with E-state index in [-0.39, 0.29) is 22.3 Å². The summed E-state index contributed by atoms with van der Waals surface area (Å²) in [6.07, 6.45) is -6.57. The molecule has 4 aromatic rings. The van der Waals surface area contributed by atoms with Crippen LogP contribution in [0.15, 0.2) is 68.9 Å². The number of aromatic carboxylic acids is 1. The van der Waals surface area contributed by atoms with Crippen LogP contribution in [0.1, 0.15) is 62.2 Å². The van der Waals surface area contributed by atoms with Gasteiger partial charge in [-0.15, -0.1) is 0 Å². The molecule has 3 aliphatic rings. The SMILES string of the molecule is O=C(O)CC1OCC(O)C(O)C1OC(=O)C1=Cc2c(cc(O)c(O)c2OC(=O)C2=Cc3cc(O)c(O)cc3C(c3ccc(C(=O)O)oc3=O)C2C(=O)O)C(c2ccc(O)c(O)c2)C1C(=O)O. The minimum absolute atomic E-state index is 0.195. The summed E-state index contributed by atoms with van der Waals surface area (Å²) < 4.78 is 21.2. The fourth-order valence-corrected chi connectivity index (χ4v) is 8.24. The van der Waals surface area contributed by atoms with Gasteiger partial charge in [0.25, 0.3) is 0 Å². The minimum Gasteiger partial charge on any atom is -0.504 e. The first-order valence-electron chi connectivity index (χ1n) is 19.1. The number of phenolic OH excluding ortho intramolecular Hbond substituents is 6. The van der Waals surface area contributed by atoms with Crippen molar-refractivity contribution in [3.63, 3.8) is 0 Å². The maximum atomic E-state index is 14.5. The van der Waals surface area contributed by atoms with E-state index in [4.69, 9.17) is 18.6 Å². The summed E-state index contributed by atoms with van der Waals surface area (Å²) in [5, 5.41) is 125. The molecule has 1 aromatic heterocycles. The van der Waals surface area contributed by atoms with Gasteiger partial charge in [-0.25, -0.2) is 19.2 Å². The van der Waals surface area contributed by atoms with Crippen LogP contribution < -0.4 is 10.4 Å². The van der Waals surface area contributed by atoms with E-state index < -0.39 is 171 Å². The van der Waals surface area contributed by atoms with E-state index in [1.807, 2.05) is 0 Å². The van der Waals surface area contributed by atoms with Crippen molar-refractivity contribution >= 4 is 48.0 Å². The van der Waals surface area contributed by atoms with Crippen molar-refractivity contribution in [1.82, 2.24) is 0 Å². The van der Waals surface area contributed by atoms with E-state index in [2.05, 4.69) is 0 Å². The Balaban J connectivity index is 1.41. The molecule has 7 rings (SSSR count). The first-order valence-corrected chi connectivity index (χ1v) is 19.1. The van der Waals surface area contributed by atoms with Crippen LogP contribution in [-0.2, 0) is 33.4 Å². The minimum atomic E-state index is -2.19. The van der Waals surface area contributed by atoms with Gasteiger partial charge in [0.15, 0.2) is 40.6 Å². The van der Waals surface area contributed by atoms with E-state index in [0.717, 1.165) is 54.6 Å². The van der Waals surface area contributed by atoms with Crippen LogP contribution in [0.5, 0.6) is 40.2 Å². The Morgan fingerprint density at radius 2 is 1.29 bits per heavy atom. The zero-order chi connectivity index (χ0) is 48.2. The monoisotopic (exact) mass is 918 g/mol. The van der Waals surface area contributed by atoms with Gasteiger partial charge in [0.05, 0.1) is 36.0 Å². The van der Waals surface area contributed by atoms with Crippen LogP contribution in [0.4, 0.5) is 0 Å². The first-order chi connectivity index (χ1) is 31.1. The van der Waals surface area contributed by atoms with Gasteiger partial charge < -0.3 is 79.9 Å². The Bertz CT molecular complexity index is 2870. The molecule has 2 heterocycles. The molecular formula is C43H34O23. The van der Waals surface area contributed by atoms with Crippen molar-refractivity contribution in [2.75, 3.05) is 6.61 Å². The number of aliphatic hydroxyl groups excluding tert-OH is 2. The van der Waals surface area contributed by atoms with Crippen molar-refractivity contribution < 1.29 is 109 Å². The number of carboxylic acid groups (broad SMARTS) is 4. The number of hydrogen-bond acceptors (Lipinski definition) is 19. The van der Waals surface area contributed by atoms with Gasteiger partial charge in [0.2, 0.25) is 11.5 Å². The van der Waals surface area contributed by atoms with Crippen LogP contribution in [-0.4, -0.2) is 128 Å². The fraction of sp³-hybridized carbons (Fsp3) is 0.233. The Hall–Kier alpha value is -8.41. The number of aliphatic carboxylic acids is 3. The van der Waals surface area contributed by atoms with Gasteiger partial charge in [0.1, 0.15) is 18.3 Å². The van der Waals surface area contributed by atoms with E-state index in [9.17, 15) is 94.8 Å². The summed E-state index contributed by atoms with van der Waals surface area (Å²) in [4.78, 5) is 91.5.